The maximum absolute atomic E-state index is 12.1. The van der Waals surface area contributed by atoms with Gasteiger partial charge in [0.25, 0.3) is 0 Å². The van der Waals surface area contributed by atoms with Crippen LogP contribution in [0, 0.1) is 6.92 Å². The number of ether oxygens (including phenoxy) is 2. The van der Waals surface area contributed by atoms with Crippen molar-refractivity contribution >= 4 is 27.5 Å². The molecule has 1 saturated heterocycles. The van der Waals surface area contributed by atoms with Crippen LogP contribution in [0.4, 0.5) is 0 Å². The molecule has 0 spiro atoms. The van der Waals surface area contributed by atoms with Crippen molar-refractivity contribution in [2.24, 2.45) is 0 Å². The lowest BCUT2D eigenvalue weighted by Gasteiger charge is -2.15. The van der Waals surface area contributed by atoms with Crippen molar-refractivity contribution in [2.45, 2.75) is 45.4 Å². The SMILES string of the molecule is Cc1ccc2sc(CNC(=O)[C@H](C)OC[C@H]3CCCO3)nc2c1. The summed E-state index contributed by atoms with van der Waals surface area (Å²) in [6, 6.07) is 6.20. The van der Waals surface area contributed by atoms with Crippen LogP contribution >= 0.6 is 11.3 Å². The van der Waals surface area contributed by atoms with Crippen molar-refractivity contribution in [2.75, 3.05) is 13.2 Å². The van der Waals surface area contributed by atoms with Gasteiger partial charge >= 0.3 is 0 Å². The second-order valence-corrected chi connectivity index (χ2v) is 7.02. The number of aromatic nitrogens is 1. The summed E-state index contributed by atoms with van der Waals surface area (Å²) in [4.78, 5) is 16.6. The van der Waals surface area contributed by atoms with E-state index in [0.29, 0.717) is 13.2 Å². The van der Waals surface area contributed by atoms with E-state index >= 15 is 0 Å². The molecule has 1 aromatic carbocycles. The van der Waals surface area contributed by atoms with E-state index in [1.807, 2.05) is 6.92 Å². The smallest absolute Gasteiger partial charge is 0.249 e. The largest absolute Gasteiger partial charge is 0.376 e. The first-order valence-electron chi connectivity index (χ1n) is 7.99. The Labute approximate surface area is 140 Å². The molecule has 1 N–H and O–H groups in total. The van der Waals surface area contributed by atoms with Crippen molar-refractivity contribution in [1.29, 1.82) is 0 Å². The Morgan fingerprint density at radius 1 is 1.57 bits per heavy atom. The second-order valence-electron chi connectivity index (χ2n) is 5.91. The molecule has 1 aliphatic rings. The predicted octanol–water partition coefficient (Wildman–Crippen LogP) is 2.81. The summed E-state index contributed by atoms with van der Waals surface area (Å²) in [5.74, 6) is -0.113. The Morgan fingerprint density at radius 3 is 3.22 bits per heavy atom. The first-order chi connectivity index (χ1) is 11.1. The van der Waals surface area contributed by atoms with Gasteiger partial charge in [0, 0.05) is 6.61 Å². The number of thiazole rings is 1. The first kappa shape index (κ1) is 16.4. The monoisotopic (exact) mass is 334 g/mol. The minimum absolute atomic E-state index is 0.113. The van der Waals surface area contributed by atoms with E-state index in [2.05, 4.69) is 28.5 Å². The number of carbonyl (C=O) groups is 1. The normalized spacial score (nSPS) is 19.1. The molecule has 3 rings (SSSR count). The number of nitrogens with one attached hydrogen (secondary N) is 1. The predicted molar refractivity (Wildman–Crippen MR) is 90.6 cm³/mol. The number of hydrogen-bond donors (Lipinski definition) is 1. The molecular formula is C17H22N2O3S. The molecule has 1 aliphatic heterocycles. The fourth-order valence-corrected chi connectivity index (χ4v) is 3.46. The van der Waals surface area contributed by atoms with Crippen molar-refractivity contribution in [3.05, 3.63) is 28.8 Å². The number of nitrogens with zero attached hydrogens (tertiary/aromatic N) is 1. The zero-order valence-electron chi connectivity index (χ0n) is 13.5. The molecule has 0 bridgehead atoms. The highest BCUT2D eigenvalue weighted by atomic mass is 32.1. The maximum atomic E-state index is 12.1. The second kappa shape index (κ2) is 7.38. The number of carbonyl (C=O) groups excluding carboxylic acids is 1. The third kappa shape index (κ3) is 4.28. The highest BCUT2D eigenvalue weighted by Crippen LogP contribution is 2.22. The maximum Gasteiger partial charge on any atom is 0.249 e. The van der Waals surface area contributed by atoms with E-state index in [4.69, 9.17) is 9.47 Å². The van der Waals surface area contributed by atoms with Gasteiger partial charge in [-0.25, -0.2) is 4.98 Å². The Balaban J connectivity index is 1.48. The lowest BCUT2D eigenvalue weighted by Crippen LogP contribution is -2.35. The lowest BCUT2D eigenvalue weighted by atomic mass is 10.2. The van der Waals surface area contributed by atoms with Gasteiger partial charge in [-0.1, -0.05) is 6.07 Å². The van der Waals surface area contributed by atoms with Crippen LogP contribution in [0.15, 0.2) is 18.2 Å². The van der Waals surface area contributed by atoms with E-state index in [-0.39, 0.29) is 12.0 Å². The van der Waals surface area contributed by atoms with Gasteiger partial charge in [0.1, 0.15) is 11.1 Å². The summed E-state index contributed by atoms with van der Waals surface area (Å²) >= 11 is 1.61. The topological polar surface area (TPSA) is 60.5 Å². The molecule has 124 valence electrons. The molecule has 6 heteroatoms. The third-order valence-corrected chi connectivity index (χ3v) is 4.96. The number of amides is 1. The van der Waals surface area contributed by atoms with Crippen molar-refractivity contribution < 1.29 is 14.3 Å². The van der Waals surface area contributed by atoms with Crippen LogP contribution < -0.4 is 5.32 Å². The lowest BCUT2D eigenvalue weighted by molar-refractivity contribution is -0.133. The molecule has 1 amide bonds. The Bertz CT molecular complexity index is 680. The molecule has 2 atom stereocenters. The fraction of sp³-hybridized carbons (Fsp3) is 0.529. The van der Waals surface area contributed by atoms with E-state index in [9.17, 15) is 4.79 Å². The van der Waals surface area contributed by atoms with Crippen LogP contribution in [0.2, 0.25) is 0 Å². The van der Waals surface area contributed by atoms with Crippen LogP contribution in [-0.4, -0.2) is 36.3 Å². The van der Waals surface area contributed by atoms with E-state index in [0.717, 1.165) is 34.7 Å². The van der Waals surface area contributed by atoms with Gasteiger partial charge in [-0.3, -0.25) is 4.79 Å². The van der Waals surface area contributed by atoms with Crippen LogP contribution in [0.25, 0.3) is 10.2 Å². The first-order valence-corrected chi connectivity index (χ1v) is 8.80. The molecular weight excluding hydrogens is 312 g/mol. The standard InChI is InChI=1S/C17H22N2O3S/c1-11-5-6-15-14(8-11)19-16(23-15)9-18-17(20)12(2)22-10-13-4-3-7-21-13/h5-6,8,12-13H,3-4,7,9-10H2,1-2H3,(H,18,20)/t12-,13+/m0/s1. The molecule has 23 heavy (non-hydrogen) atoms. The zero-order valence-corrected chi connectivity index (χ0v) is 14.3. The van der Waals surface area contributed by atoms with Gasteiger partial charge in [0.2, 0.25) is 5.91 Å². The van der Waals surface area contributed by atoms with Gasteiger partial charge in [-0.05, 0) is 44.4 Å². The average molecular weight is 334 g/mol. The molecule has 1 fully saturated rings. The van der Waals surface area contributed by atoms with Gasteiger partial charge < -0.3 is 14.8 Å². The van der Waals surface area contributed by atoms with Crippen LogP contribution in [0.3, 0.4) is 0 Å². The van der Waals surface area contributed by atoms with Crippen molar-refractivity contribution in [1.82, 2.24) is 10.3 Å². The Kier molecular flexibility index (Phi) is 5.25. The summed E-state index contributed by atoms with van der Waals surface area (Å²) < 4.78 is 12.2. The molecule has 0 saturated carbocycles. The van der Waals surface area contributed by atoms with Gasteiger partial charge in [0.15, 0.2) is 0 Å². The summed E-state index contributed by atoms with van der Waals surface area (Å²) in [6.45, 7) is 5.53. The minimum atomic E-state index is -0.476. The van der Waals surface area contributed by atoms with Crippen LogP contribution in [0.1, 0.15) is 30.3 Å². The zero-order chi connectivity index (χ0) is 16.2. The average Bonchev–Trinajstić information content (AvgIpc) is 3.18. The van der Waals surface area contributed by atoms with Crippen LogP contribution in [0.5, 0.6) is 0 Å². The molecule has 1 aromatic heterocycles. The highest BCUT2D eigenvalue weighted by Gasteiger charge is 2.20. The number of aryl methyl sites for hydroxylation is 1. The molecule has 2 heterocycles. The van der Waals surface area contributed by atoms with Crippen molar-refractivity contribution in [3.63, 3.8) is 0 Å². The van der Waals surface area contributed by atoms with E-state index in [1.54, 1.807) is 18.3 Å². The van der Waals surface area contributed by atoms with Gasteiger partial charge in [-0.2, -0.15) is 0 Å². The molecule has 0 unspecified atom stereocenters. The number of benzene rings is 1. The molecule has 0 radical (unpaired) electrons. The van der Waals surface area contributed by atoms with Gasteiger partial charge in [0.05, 0.1) is 29.5 Å². The Morgan fingerprint density at radius 2 is 2.43 bits per heavy atom. The fourth-order valence-electron chi connectivity index (χ4n) is 2.57. The van der Waals surface area contributed by atoms with Crippen LogP contribution in [-0.2, 0) is 20.8 Å². The molecule has 2 aromatic rings. The molecule has 0 aliphatic carbocycles. The molecule has 5 nitrogen and oxygen atoms in total. The van der Waals surface area contributed by atoms with Crippen molar-refractivity contribution in [3.8, 4) is 0 Å². The summed E-state index contributed by atoms with van der Waals surface area (Å²) in [5.41, 5.74) is 2.18. The van der Waals surface area contributed by atoms with Gasteiger partial charge in [-0.15, -0.1) is 11.3 Å². The quantitative estimate of drug-likeness (QED) is 0.882. The minimum Gasteiger partial charge on any atom is -0.376 e. The van der Waals surface area contributed by atoms with E-state index in [1.165, 1.54) is 5.56 Å². The Hall–Kier alpha value is -1.50. The number of fused-ring (bicyclic) bond motifs is 1. The number of hydrogen-bond acceptors (Lipinski definition) is 5. The highest BCUT2D eigenvalue weighted by molar-refractivity contribution is 7.18. The van der Waals surface area contributed by atoms with E-state index < -0.39 is 6.10 Å². The summed E-state index contributed by atoms with van der Waals surface area (Å²) in [5, 5.41) is 3.80. The number of rotatable bonds is 6. The summed E-state index contributed by atoms with van der Waals surface area (Å²) in [6.07, 6.45) is 1.75. The summed E-state index contributed by atoms with van der Waals surface area (Å²) in [7, 11) is 0. The third-order valence-electron chi connectivity index (χ3n) is 3.93.